The molecule has 88 valence electrons. The minimum Gasteiger partial charge on any atom is -0.465 e. The Morgan fingerprint density at radius 2 is 2.29 bits per heavy atom. The van der Waals surface area contributed by atoms with E-state index in [0.717, 1.165) is 11.3 Å². The maximum absolute atomic E-state index is 13.7. The summed E-state index contributed by atoms with van der Waals surface area (Å²) >= 11 is 6.73. The van der Waals surface area contributed by atoms with E-state index in [2.05, 4.69) is 9.72 Å². The van der Waals surface area contributed by atoms with E-state index in [4.69, 9.17) is 11.6 Å². The summed E-state index contributed by atoms with van der Waals surface area (Å²) < 4.78 is 18.2. The monoisotopic (exact) mass is 271 g/mol. The molecule has 1 heterocycles. The Balaban J connectivity index is 2.44. The molecule has 3 nitrogen and oxygen atoms in total. The number of nitrogens with zero attached hydrogens (tertiary/aromatic N) is 1. The van der Waals surface area contributed by atoms with Gasteiger partial charge in [0.25, 0.3) is 0 Å². The van der Waals surface area contributed by atoms with E-state index in [-0.39, 0.29) is 10.6 Å². The predicted molar refractivity (Wildman–Crippen MR) is 63.9 cm³/mol. The molecule has 0 fully saturated rings. The molecule has 0 amide bonds. The zero-order valence-electron chi connectivity index (χ0n) is 8.74. The van der Waals surface area contributed by atoms with Crippen molar-refractivity contribution in [3.05, 3.63) is 40.1 Å². The largest absolute Gasteiger partial charge is 0.465 e. The number of rotatable bonds is 2. The number of aromatic nitrogens is 1. The predicted octanol–water partition coefficient (Wildman–Crippen LogP) is 3.39. The van der Waals surface area contributed by atoms with Gasteiger partial charge in [0.15, 0.2) is 5.82 Å². The van der Waals surface area contributed by atoms with Crippen LogP contribution in [-0.2, 0) is 4.74 Å². The van der Waals surface area contributed by atoms with E-state index in [9.17, 15) is 9.18 Å². The van der Waals surface area contributed by atoms with Crippen molar-refractivity contribution in [2.75, 3.05) is 7.11 Å². The first-order valence-corrected chi connectivity index (χ1v) is 5.81. The van der Waals surface area contributed by atoms with Gasteiger partial charge in [-0.1, -0.05) is 17.7 Å². The molecule has 0 saturated carbocycles. The van der Waals surface area contributed by atoms with Crippen molar-refractivity contribution < 1.29 is 13.9 Å². The van der Waals surface area contributed by atoms with Crippen LogP contribution in [0.1, 0.15) is 9.67 Å². The second-order valence-corrected chi connectivity index (χ2v) is 4.56. The van der Waals surface area contributed by atoms with Crippen LogP contribution in [0.25, 0.3) is 10.6 Å². The van der Waals surface area contributed by atoms with Crippen molar-refractivity contribution in [2.45, 2.75) is 0 Å². The summed E-state index contributed by atoms with van der Waals surface area (Å²) in [7, 11) is 1.28. The summed E-state index contributed by atoms with van der Waals surface area (Å²) in [6.45, 7) is 0. The van der Waals surface area contributed by atoms with E-state index in [1.165, 1.54) is 19.4 Å². The Morgan fingerprint density at radius 1 is 1.53 bits per heavy atom. The van der Waals surface area contributed by atoms with Crippen LogP contribution >= 0.6 is 22.9 Å². The summed E-state index contributed by atoms with van der Waals surface area (Å²) in [5.41, 5.74) is 0.276. The molecule has 0 N–H and O–H groups in total. The zero-order chi connectivity index (χ0) is 12.4. The first-order valence-electron chi connectivity index (χ1n) is 4.62. The average molecular weight is 272 g/mol. The minimum atomic E-state index is -0.542. The molecule has 0 radical (unpaired) electrons. The molecule has 2 aromatic rings. The van der Waals surface area contributed by atoms with Crippen molar-refractivity contribution in [1.82, 2.24) is 4.98 Å². The van der Waals surface area contributed by atoms with Crippen molar-refractivity contribution in [3.8, 4) is 10.6 Å². The number of carbonyl (C=O) groups is 1. The SMILES string of the molecule is COC(=O)c1cnc(-c2cccc(Cl)c2F)s1. The van der Waals surface area contributed by atoms with Gasteiger partial charge in [0.05, 0.1) is 18.3 Å². The third-order valence-corrected chi connectivity index (χ3v) is 3.38. The van der Waals surface area contributed by atoms with Crippen LogP contribution in [0, 0.1) is 5.82 Å². The normalized spacial score (nSPS) is 10.3. The number of esters is 1. The van der Waals surface area contributed by atoms with Crippen LogP contribution in [0.5, 0.6) is 0 Å². The molecule has 0 aliphatic rings. The van der Waals surface area contributed by atoms with Gasteiger partial charge in [0.1, 0.15) is 9.88 Å². The zero-order valence-corrected chi connectivity index (χ0v) is 10.3. The third kappa shape index (κ3) is 2.30. The summed E-state index contributed by atoms with van der Waals surface area (Å²) in [4.78, 5) is 15.5. The number of hydrogen-bond acceptors (Lipinski definition) is 4. The number of benzene rings is 1. The van der Waals surface area contributed by atoms with Crippen LogP contribution in [-0.4, -0.2) is 18.1 Å². The van der Waals surface area contributed by atoms with Gasteiger partial charge in [-0.05, 0) is 12.1 Å². The van der Waals surface area contributed by atoms with Crippen molar-refractivity contribution >= 4 is 28.9 Å². The lowest BCUT2D eigenvalue weighted by atomic mass is 10.2. The van der Waals surface area contributed by atoms with E-state index in [0.29, 0.717) is 9.88 Å². The Bertz CT molecular complexity index is 570. The van der Waals surface area contributed by atoms with Gasteiger partial charge in [0.2, 0.25) is 0 Å². The average Bonchev–Trinajstić information content (AvgIpc) is 2.81. The molecule has 1 aromatic heterocycles. The van der Waals surface area contributed by atoms with Crippen LogP contribution in [0.15, 0.2) is 24.4 Å². The summed E-state index contributed by atoms with van der Waals surface area (Å²) in [5.74, 6) is -1.03. The lowest BCUT2D eigenvalue weighted by Crippen LogP contribution is -1.96. The number of hydrogen-bond donors (Lipinski definition) is 0. The molecule has 0 aliphatic carbocycles. The van der Waals surface area contributed by atoms with E-state index in [1.807, 2.05) is 0 Å². The Labute approximate surface area is 106 Å². The Kier molecular flexibility index (Phi) is 3.40. The summed E-state index contributed by atoms with van der Waals surface area (Å²) in [6.07, 6.45) is 1.35. The number of carbonyl (C=O) groups excluding carboxylic acids is 1. The van der Waals surface area contributed by atoms with Gasteiger partial charge >= 0.3 is 5.97 Å². The standard InChI is InChI=1S/C11H7ClFNO2S/c1-16-11(15)8-5-14-10(17-8)6-3-2-4-7(12)9(6)13/h2-5H,1H3. The van der Waals surface area contributed by atoms with Crippen LogP contribution in [0.4, 0.5) is 4.39 Å². The smallest absolute Gasteiger partial charge is 0.349 e. The Morgan fingerprint density at radius 3 is 3.00 bits per heavy atom. The van der Waals surface area contributed by atoms with Gasteiger partial charge in [0, 0.05) is 5.56 Å². The van der Waals surface area contributed by atoms with Crippen molar-refractivity contribution in [2.24, 2.45) is 0 Å². The second-order valence-electron chi connectivity index (χ2n) is 3.12. The van der Waals surface area contributed by atoms with Gasteiger partial charge in [-0.15, -0.1) is 11.3 Å². The second kappa shape index (κ2) is 4.81. The molecule has 0 unspecified atom stereocenters. The molecule has 2 rings (SSSR count). The molecule has 0 atom stereocenters. The third-order valence-electron chi connectivity index (χ3n) is 2.07. The lowest BCUT2D eigenvalue weighted by Gasteiger charge is -1.99. The molecule has 1 aromatic carbocycles. The highest BCUT2D eigenvalue weighted by Crippen LogP contribution is 2.30. The highest BCUT2D eigenvalue weighted by atomic mass is 35.5. The fourth-order valence-corrected chi connectivity index (χ4v) is 2.29. The highest BCUT2D eigenvalue weighted by Gasteiger charge is 2.15. The molecule has 6 heteroatoms. The number of thiazole rings is 1. The van der Waals surface area contributed by atoms with Crippen molar-refractivity contribution in [1.29, 1.82) is 0 Å². The van der Waals surface area contributed by atoms with Crippen molar-refractivity contribution in [3.63, 3.8) is 0 Å². The maximum Gasteiger partial charge on any atom is 0.349 e. The first-order chi connectivity index (χ1) is 8.13. The fourth-order valence-electron chi connectivity index (χ4n) is 1.26. The summed E-state index contributed by atoms with van der Waals surface area (Å²) in [6, 6.07) is 4.64. The lowest BCUT2D eigenvalue weighted by molar-refractivity contribution is 0.0606. The first kappa shape index (κ1) is 12.0. The quantitative estimate of drug-likeness (QED) is 0.786. The maximum atomic E-state index is 13.7. The van der Waals surface area contributed by atoms with Gasteiger partial charge in [-0.2, -0.15) is 0 Å². The number of methoxy groups -OCH3 is 1. The van der Waals surface area contributed by atoms with Gasteiger partial charge in [-0.3, -0.25) is 0 Å². The summed E-state index contributed by atoms with van der Waals surface area (Å²) in [5, 5.41) is 0.419. The molecular weight excluding hydrogens is 265 g/mol. The molecule has 17 heavy (non-hydrogen) atoms. The van der Waals surface area contributed by atoms with Gasteiger partial charge in [-0.25, -0.2) is 14.2 Å². The highest BCUT2D eigenvalue weighted by molar-refractivity contribution is 7.16. The molecule has 0 bridgehead atoms. The van der Waals surface area contributed by atoms with E-state index >= 15 is 0 Å². The van der Waals surface area contributed by atoms with Crippen LogP contribution < -0.4 is 0 Å². The van der Waals surface area contributed by atoms with Gasteiger partial charge < -0.3 is 4.74 Å². The number of ether oxygens (including phenoxy) is 1. The molecule has 0 aliphatic heterocycles. The fraction of sp³-hybridized carbons (Fsp3) is 0.0909. The van der Waals surface area contributed by atoms with E-state index in [1.54, 1.807) is 12.1 Å². The molecule has 0 saturated heterocycles. The Hall–Kier alpha value is -1.46. The number of halogens is 2. The van der Waals surface area contributed by atoms with Crippen LogP contribution in [0.3, 0.4) is 0 Å². The topological polar surface area (TPSA) is 39.2 Å². The molecule has 0 spiro atoms. The minimum absolute atomic E-state index is 0.0253. The molecular formula is C11H7ClFNO2S. The van der Waals surface area contributed by atoms with E-state index < -0.39 is 11.8 Å². The van der Waals surface area contributed by atoms with Crippen LogP contribution in [0.2, 0.25) is 5.02 Å².